The Morgan fingerprint density at radius 3 is 2.70 bits per heavy atom. The summed E-state index contributed by atoms with van der Waals surface area (Å²) in [6.07, 6.45) is 6.25. The SMILES string of the molecule is CCCn1cc(C(Cc2ccc(C)c(C)c2)NC)cn1. The molecule has 1 heterocycles. The Bertz CT molecular complexity index is 557. The molecule has 0 bridgehead atoms. The van der Waals surface area contributed by atoms with E-state index in [1.807, 2.05) is 17.9 Å². The number of benzene rings is 1. The molecular formula is C17H25N3. The van der Waals surface area contributed by atoms with Crippen LogP contribution in [0.1, 0.15) is 41.6 Å². The van der Waals surface area contributed by atoms with E-state index in [9.17, 15) is 0 Å². The topological polar surface area (TPSA) is 29.9 Å². The van der Waals surface area contributed by atoms with Gasteiger partial charge in [-0.15, -0.1) is 0 Å². The molecule has 1 aromatic heterocycles. The Hall–Kier alpha value is -1.61. The van der Waals surface area contributed by atoms with Crippen molar-refractivity contribution in [3.05, 3.63) is 52.8 Å². The van der Waals surface area contributed by atoms with E-state index in [1.165, 1.54) is 22.3 Å². The van der Waals surface area contributed by atoms with Crippen LogP contribution in [-0.2, 0) is 13.0 Å². The van der Waals surface area contributed by atoms with Crippen LogP contribution < -0.4 is 5.32 Å². The maximum absolute atomic E-state index is 4.42. The minimum atomic E-state index is 0.322. The monoisotopic (exact) mass is 271 g/mol. The highest BCUT2D eigenvalue weighted by Gasteiger charge is 2.12. The first-order valence-corrected chi connectivity index (χ1v) is 7.39. The molecule has 0 aliphatic carbocycles. The Balaban J connectivity index is 2.12. The summed E-state index contributed by atoms with van der Waals surface area (Å²) in [5.41, 5.74) is 5.35. The molecule has 1 aromatic carbocycles. The van der Waals surface area contributed by atoms with Crippen LogP contribution in [0.3, 0.4) is 0 Å². The molecular weight excluding hydrogens is 246 g/mol. The third-order valence-electron chi connectivity index (χ3n) is 3.87. The number of aryl methyl sites for hydroxylation is 3. The van der Waals surface area contributed by atoms with Gasteiger partial charge in [-0.2, -0.15) is 5.10 Å². The molecule has 0 spiro atoms. The van der Waals surface area contributed by atoms with E-state index in [1.54, 1.807) is 0 Å². The lowest BCUT2D eigenvalue weighted by atomic mass is 9.98. The number of rotatable bonds is 6. The quantitative estimate of drug-likeness (QED) is 0.872. The molecule has 0 saturated heterocycles. The van der Waals surface area contributed by atoms with Crippen molar-refractivity contribution < 1.29 is 0 Å². The predicted octanol–water partition coefficient (Wildman–Crippen LogP) is 3.41. The van der Waals surface area contributed by atoms with Gasteiger partial charge in [0.25, 0.3) is 0 Å². The maximum atomic E-state index is 4.42. The van der Waals surface area contributed by atoms with Crippen LogP contribution in [0.15, 0.2) is 30.6 Å². The van der Waals surface area contributed by atoms with Crippen LogP contribution in [0.4, 0.5) is 0 Å². The van der Waals surface area contributed by atoms with Crippen molar-refractivity contribution >= 4 is 0 Å². The second-order valence-corrected chi connectivity index (χ2v) is 5.50. The van der Waals surface area contributed by atoms with Crippen molar-refractivity contribution in [2.45, 2.75) is 46.2 Å². The van der Waals surface area contributed by atoms with E-state index in [2.05, 4.69) is 55.6 Å². The first-order valence-electron chi connectivity index (χ1n) is 7.39. The Kier molecular flexibility index (Phi) is 4.96. The molecule has 1 atom stereocenters. The van der Waals surface area contributed by atoms with Crippen LogP contribution >= 0.6 is 0 Å². The van der Waals surface area contributed by atoms with E-state index < -0.39 is 0 Å². The molecule has 2 aromatic rings. The number of hydrogen-bond donors (Lipinski definition) is 1. The van der Waals surface area contributed by atoms with Crippen LogP contribution in [0, 0.1) is 13.8 Å². The number of nitrogens with one attached hydrogen (secondary N) is 1. The summed E-state index contributed by atoms with van der Waals surface area (Å²) in [4.78, 5) is 0. The number of nitrogens with zero attached hydrogens (tertiary/aromatic N) is 2. The fraction of sp³-hybridized carbons (Fsp3) is 0.471. The van der Waals surface area contributed by atoms with E-state index in [0.717, 1.165) is 19.4 Å². The van der Waals surface area contributed by atoms with Gasteiger partial charge in [-0.25, -0.2) is 0 Å². The molecule has 0 radical (unpaired) electrons. The second kappa shape index (κ2) is 6.71. The fourth-order valence-electron chi connectivity index (χ4n) is 2.46. The summed E-state index contributed by atoms with van der Waals surface area (Å²) in [7, 11) is 2.02. The Morgan fingerprint density at radius 2 is 2.05 bits per heavy atom. The van der Waals surface area contributed by atoms with Crippen LogP contribution in [0.25, 0.3) is 0 Å². The predicted molar refractivity (Wildman–Crippen MR) is 83.9 cm³/mol. The zero-order valence-corrected chi connectivity index (χ0v) is 13.0. The normalized spacial score (nSPS) is 12.6. The highest BCUT2D eigenvalue weighted by atomic mass is 15.3. The van der Waals surface area contributed by atoms with Crippen LogP contribution in [0.2, 0.25) is 0 Å². The van der Waals surface area contributed by atoms with Gasteiger partial charge in [-0.3, -0.25) is 4.68 Å². The van der Waals surface area contributed by atoms with Crippen LogP contribution in [-0.4, -0.2) is 16.8 Å². The molecule has 0 aliphatic heterocycles. The number of aromatic nitrogens is 2. The van der Waals surface area contributed by atoms with E-state index >= 15 is 0 Å². The van der Waals surface area contributed by atoms with Gasteiger partial charge in [0.2, 0.25) is 0 Å². The molecule has 108 valence electrons. The van der Waals surface area contributed by atoms with Gasteiger partial charge in [0.05, 0.1) is 6.20 Å². The number of hydrogen-bond acceptors (Lipinski definition) is 2. The van der Waals surface area contributed by atoms with Gasteiger partial charge in [0.15, 0.2) is 0 Å². The molecule has 1 unspecified atom stereocenters. The summed E-state index contributed by atoms with van der Waals surface area (Å²) in [6.45, 7) is 7.49. The zero-order valence-electron chi connectivity index (χ0n) is 13.0. The third kappa shape index (κ3) is 3.48. The van der Waals surface area contributed by atoms with E-state index in [4.69, 9.17) is 0 Å². The first kappa shape index (κ1) is 14.8. The average Bonchev–Trinajstić information content (AvgIpc) is 2.89. The van der Waals surface area contributed by atoms with Crippen LogP contribution in [0.5, 0.6) is 0 Å². The van der Waals surface area contributed by atoms with Gasteiger partial charge in [-0.05, 0) is 50.4 Å². The number of likely N-dealkylation sites (N-methyl/N-ethyl adjacent to an activating group) is 1. The molecule has 0 amide bonds. The fourth-order valence-corrected chi connectivity index (χ4v) is 2.46. The van der Waals surface area contributed by atoms with Gasteiger partial charge in [0.1, 0.15) is 0 Å². The average molecular weight is 271 g/mol. The lowest BCUT2D eigenvalue weighted by Crippen LogP contribution is -2.18. The van der Waals surface area contributed by atoms with Gasteiger partial charge in [-0.1, -0.05) is 25.1 Å². The summed E-state index contributed by atoms with van der Waals surface area (Å²) in [5, 5.41) is 7.83. The standard InChI is InChI=1S/C17H25N3/c1-5-8-20-12-16(11-19-20)17(18-4)10-15-7-6-13(2)14(3)9-15/h6-7,9,11-12,17-18H,5,8,10H2,1-4H3. The smallest absolute Gasteiger partial charge is 0.0537 e. The molecule has 1 N–H and O–H groups in total. The van der Waals surface area contributed by atoms with Gasteiger partial charge >= 0.3 is 0 Å². The molecule has 0 saturated carbocycles. The third-order valence-corrected chi connectivity index (χ3v) is 3.87. The molecule has 0 aliphatic rings. The van der Waals surface area contributed by atoms with E-state index in [-0.39, 0.29) is 0 Å². The van der Waals surface area contributed by atoms with Crippen molar-refractivity contribution in [2.75, 3.05) is 7.05 Å². The molecule has 0 fully saturated rings. The van der Waals surface area contributed by atoms with Gasteiger partial charge in [0, 0.05) is 24.3 Å². The molecule has 20 heavy (non-hydrogen) atoms. The van der Waals surface area contributed by atoms with Crippen molar-refractivity contribution in [3.8, 4) is 0 Å². The maximum Gasteiger partial charge on any atom is 0.0537 e. The second-order valence-electron chi connectivity index (χ2n) is 5.50. The minimum absolute atomic E-state index is 0.322. The lowest BCUT2D eigenvalue weighted by molar-refractivity contribution is 0.582. The van der Waals surface area contributed by atoms with Crippen molar-refractivity contribution in [1.29, 1.82) is 0 Å². The molecule has 3 nitrogen and oxygen atoms in total. The first-order chi connectivity index (χ1) is 9.63. The largest absolute Gasteiger partial charge is 0.313 e. The molecule has 2 rings (SSSR count). The highest BCUT2D eigenvalue weighted by Crippen LogP contribution is 2.19. The van der Waals surface area contributed by atoms with Crippen molar-refractivity contribution in [3.63, 3.8) is 0 Å². The summed E-state index contributed by atoms with van der Waals surface area (Å²) >= 11 is 0. The van der Waals surface area contributed by atoms with Crippen molar-refractivity contribution in [2.24, 2.45) is 0 Å². The Morgan fingerprint density at radius 1 is 1.25 bits per heavy atom. The Labute approximate surface area is 122 Å². The summed E-state index contributed by atoms with van der Waals surface area (Å²) in [5.74, 6) is 0. The zero-order chi connectivity index (χ0) is 14.5. The molecule has 3 heteroatoms. The van der Waals surface area contributed by atoms with Crippen molar-refractivity contribution in [1.82, 2.24) is 15.1 Å². The minimum Gasteiger partial charge on any atom is -0.313 e. The lowest BCUT2D eigenvalue weighted by Gasteiger charge is -2.15. The van der Waals surface area contributed by atoms with Gasteiger partial charge < -0.3 is 5.32 Å². The summed E-state index contributed by atoms with van der Waals surface area (Å²) in [6, 6.07) is 7.04. The van der Waals surface area contributed by atoms with E-state index in [0.29, 0.717) is 6.04 Å². The highest BCUT2D eigenvalue weighted by molar-refractivity contribution is 5.31. The summed E-state index contributed by atoms with van der Waals surface area (Å²) < 4.78 is 2.03.